The molecule has 0 amide bonds. The first kappa shape index (κ1) is 17.2. The summed E-state index contributed by atoms with van der Waals surface area (Å²) in [7, 11) is 0. The highest BCUT2D eigenvalue weighted by atomic mass is 16.5. The van der Waals surface area contributed by atoms with Gasteiger partial charge < -0.3 is 9.84 Å². The molecule has 0 aliphatic rings. The zero-order chi connectivity index (χ0) is 16.1. The molecule has 0 fully saturated rings. The van der Waals surface area contributed by atoms with Crippen LogP contribution in [0.1, 0.15) is 46.1 Å². The number of esters is 1. The Morgan fingerprint density at radius 2 is 1.71 bits per heavy atom. The fraction of sp³-hybridized carbons (Fsp3) is 0.529. The van der Waals surface area contributed by atoms with E-state index in [1.165, 1.54) is 0 Å². The van der Waals surface area contributed by atoms with Gasteiger partial charge in [-0.2, -0.15) is 0 Å². The average Bonchev–Trinajstić information content (AvgIpc) is 2.45. The van der Waals surface area contributed by atoms with Crippen molar-refractivity contribution in [3.05, 3.63) is 35.9 Å². The fourth-order valence-corrected chi connectivity index (χ4v) is 2.29. The lowest BCUT2D eigenvalue weighted by Crippen LogP contribution is -2.37. The van der Waals surface area contributed by atoms with Crippen molar-refractivity contribution in [3.8, 4) is 0 Å². The zero-order valence-electron chi connectivity index (χ0n) is 13.2. The van der Waals surface area contributed by atoms with Gasteiger partial charge in [-0.25, -0.2) is 0 Å². The van der Waals surface area contributed by atoms with Crippen molar-refractivity contribution in [1.82, 2.24) is 0 Å². The summed E-state index contributed by atoms with van der Waals surface area (Å²) in [5, 5.41) is 9.24. The number of carboxylic acids is 1. The summed E-state index contributed by atoms with van der Waals surface area (Å²) in [6.45, 7) is 7.12. The van der Waals surface area contributed by atoms with E-state index in [-0.39, 0.29) is 19.0 Å². The van der Waals surface area contributed by atoms with E-state index in [4.69, 9.17) is 4.74 Å². The second-order valence-electron chi connectivity index (χ2n) is 6.34. The molecule has 0 spiro atoms. The standard InChI is InChI=1S/C17H24O4/c1-5-17(4,12-16(2,3)14(18)19)15(20)21-11-13-9-7-6-8-10-13/h6-10H,5,11-12H2,1-4H3,(H,18,19). The molecule has 21 heavy (non-hydrogen) atoms. The Bertz CT molecular complexity index is 493. The molecule has 0 saturated carbocycles. The fourth-order valence-electron chi connectivity index (χ4n) is 2.29. The zero-order valence-corrected chi connectivity index (χ0v) is 13.2. The van der Waals surface area contributed by atoms with E-state index in [0.717, 1.165) is 5.56 Å². The van der Waals surface area contributed by atoms with Crippen LogP contribution in [0.4, 0.5) is 0 Å². The molecule has 0 aromatic heterocycles. The number of hydrogen-bond acceptors (Lipinski definition) is 3. The molecule has 1 aromatic rings. The number of benzene rings is 1. The van der Waals surface area contributed by atoms with E-state index in [1.807, 2.05) is 37.3 Å². The lowest BCUT2D eigenvalue weighted by atomic mass is 9.72. The molecule has 1 atom stereocenters. The molecular formula is C17H24O4. The van der Waals surface area contributed by atoms with Gasteiger partial charge >= 0.3 is 11.9 Å². The van der Waals surface area contributed by atoms with Crippen LogP contribution < -0.4 is 0 Å². The Balaban J connectivity index is 2.74. The first-order valence-corrected chi connectivity index (χ1v) is 7.16. The smallest absolute Gasteiger partial charge is 0.312 e. The summed E-state index contributed by atoms with van der Waals surface area (Å²) in [6.07, 6.45) is 0.788. The molecule has 4 nitrogen and oxygen atoms in total. The number of aliphatic carboxylic acids is 1. The maximum Gasteiger partial charge on any atom is 0.312 e. The SMILES string of the molecule is CCC(C)(CC(C)(C)C(=O)O)C(=O)OCc1ccccc1. The maximum absolute atomic E-state index is 12.4. The highest BCUT2D eigenvalue weighted by Crippen LogP contribution is 2.38. The number of carbonyl (C=O) groups is 2. The summed E-state index contributed by atoms with van der Waals surface area (Å²) in [5.74, 6) is -1.25. The summed E-state index contributed by atoms with van der Waals surface area (Å²) in [4.78, 5) is 23.6. The highest BCUT2D eigenvalue weighted by molar-refractivity contribution is 5.79. The minimum absolute atomic E-state index is 0.211. The maximum atomic E-state index is 12.4. The number of ether oxygens (including phenoxy) is 1. The lowest BCUT2D eigenvalue weighted by molar-refractivity contribution is -0.161. The number of rotatable bonds is 7. The molecular weight excluding hydrogens is 268 g/mol. The van der Waals surface area contributed by atoms with Crippen molar-refractivity contribution in [2.75, 3.05) is 0 Å². The van der Waals surface area contributed by atoms with Crippen molar-refractivity contribution < 1.29 is 19.4 Å². The summed E-state index contributed by atoms with van der Waals surface area (Å²) in [6, 6.07) is 9.44. The summed E-state index contributed by atoms with van der Waals surface area (Å²) >= 11 is 0. The predicted molar refractivity (Wildman–Crippen MR) is 80.7 cm³/mol. The molecule has 1 N–H and O–H groups in total. The van der Waals surface area contributed by atoms with Crippen LogP contribution in [0.25, 0.3) is 0 Å². The molecule has 0 aliphatic carbocycles. The van der Waals surface area contributed by atoms with E-state index in [0.29, 0.717) is 6.42 Å². The van der Waals surface area contributed by atoms with Crippen LogP contribution in [0.3, 0.4) is 0 Å². The van der Waals surface area contributed by atoms with E-state index < -0.39 is 16.8 Å². The van der Waals surface area contributed by atoms with Gasteiger partial charge in [0.2, 0.25) is 0 Å². The first-order valence-electron chi connectivity index (χ1n) is 7.16. The largest absolute Gasteiger partial charge is 0.481 e. The molecule has 1 unspecified atom stereocenters. The topological polar surface area (TPSA) is 63.6 Å². The molecule has 0 saturated heterocycles. The van der Waals surface area contributed by atoms with Gasteiger partial charge in [-0.3, -0.25) is 9.59 Å². The van der Waals surface area contributed by atoms with Crippen LogP contribution in [0.2, 0.25) is 0 Å². The second kappa shape index (κ2) is 6.74. The van der Waals surface area contributed by atoms with Crippen molar-refractivity contribution in [1.29, 1.82) is 0 Å². The Morgan fingerprint density at radius 3 is 2.19 bits per heavy atom. The van der Waals surface area contributed by atoms with Gasteiger partial charge in [0, 0.05) is 0 Å². The number of hydrogen-bond donors (Lipinski definition) is 1. The Hall–Kier alpha value is -1.84. The molecule has 0 radical (unpaired) electrons. The van der Waals surface area contributed by atoms with Gasteiger partial charge in [-0.15, -0.1) is 0 Å². The van der Waals surface area contributed by atoms with Crippen molar-refractivity contribution in [2.24, 2.45) is 10.8 Å². The van der Waals surface area contributed by atoms with Crippen molar-refractivity contribution in [2.45, 2.75) is 47.1 Å². The summed E-state index contributed by atoms with van der Waals surface area (Å²) in [5.41, 5.74) is -0.838. The molecule has 0 heterocycles. The van der Waals surface area contributed by atoms with Gasteiger partial charge in [0.1, 0.15) is 6.61 Å². The minimum Gasteiger partial charge on any atom is -0.481 e. The van der Waals surface area contributed by atoms with Gasteiger partial charge in [0.15, 0.2) is 0 Å². The molecule has 0 bridgehead atoms. The summed E-state index contributed by atoms with van der Waals surface area (Å²) < 4.78 is 5.38. The Labute approximate surface area is 126 Å². The highest BCUT2D eigenvalue weighted by Gasteiger charge is 2.42. The third-order valence-electron chi connectivity index (χ3n) is 3.90. The van der Waals surface area contributed by atoms with Gasteiger partial charge in [-0.1, -0.05) is 37.3 Å². The molecule has 0 aliphatic heterocycles. The van der Waals surface area contributed by atoms with Gasteiger partial charge in [0.05, 0.1) is 10.8 Å². The number of carbonyl (C=O) groups excluding carboxylic acids is 1. The van der Waals surface area contributed by atoms with Crippen LogP contribution in [0, 0.1) is 10.8 Å². The third-order valence-corrected chi connectivity index (χ3v) is 3.90. The van der Waals surface area contributed by atoms with Crippen LogP contribution in [0.15, 0.2) is 30.3 Å². The third kappa shape index (κ3) is 4.59. The van der Waals surface area contributed by atoms with E-state index in [1.54, 1.807) is 20.8 Å². The van der Waals surface area contributed by atoms with Crippen molar-refractivity contribution >= 4 is 11.9 Å². The van der Waals surface area contributed by atoms with E-state index in [2.05, 4.69) is 0 Å². The Morgan fingerprint density at radius 1 is 1.14 bits per heavy atom. The monoisotopic (exact) mass is 292 g/mol. The molecule has 1 aromatic carbocycles. The normalized spacial score (nSPS) is 14.3. The van der Waals surface area contributed by atoms with E-state index >= 15 is 0 Å². The van der Waals surface area contributed by atoms with Crippen LogP contribution in [-0.4, -0.2) is 17.0 Å². The second-order valence-corrected chi connectivity index (χ2v) is 6.34. The first-order chi connectivity index (χ1) is 9.71. The van der Waals surface area contributed by atoms with Gasteiger partial charge in [0.25, 0.3) is 0 Å². The average molecular weight is 292 g/mol. The Kier molecular flexibility index (Phi) is 5.53. The van der Waals surface area contributed by atoms with Gasteiger partial charge in [-0.05, 0) is 39.2 Å². The van der Waals surface area contributed by atoms with Crippen LogP contribution in [0.5, 0.6) is 0 Å². The molecule has 116 valence electrons. The number of carboxylic acid groups (broad SMARTS) is 1. The predicted octanol–water partition coefficient (Wildman–Crippen LogP) is 3.65. The van der Waals surface area contributed by atoms with Crippen molar-refractivity contribution in [3.63, 3.8) is 0 Å². The van der Waals surface area contributed by atoms with Crippen LogP contribution in [-0.2, 0) is 20.9 Å². The van der Waals surface area contributed by atoms with E-state index in [9.17, 15) is 14.7 Å². The van der Waals surface area contributed by atoms with Crippen LogP contribution >= 0.6 is 0 Å². The quantitative estimate of drug-likeness (QED) is 0.779. The lowest BCUT2D eigenvalue weighted by Gasteiger charge is -2.32. The molecule has 4 heteroatoms. The minimum atomic E-state index is -0.962. The molecule has 1 rings (SSSR count).